The molecule has 2 rings (SSSR count). The van der Waals surface area contributed by atoms with Crippen molar-refractivity contribution < 1.29 is 9.21 Å². The minimum absolute atomic E-state index is 0.168. The molecule has 1 heterocycles. The average Bonchev–Trinajstić information content (AvgIpc) is 2.84. The number of hydrogen-bond donors (Lipinski definition) is 0. The molecule has 0 saturated heterocycles. The fourth-order valence-corrected chi connectivity index (χ4v) is 2.89. The fraction of sp³-hybridized carbons (Fsp3) is 0.538. The van der Waals surface area contributed by atoms with Crippen LogP contribution >= 0.6 is 15.9 Å². The minimum Gasteiger partial charge on any atom is -0.457 e. The Bertz CT molecular complexity index is 483. The van der Waals surface area contributed by atoms with Crippen molar-refractivity contribution in [2.45, 2.75) is 37.6 Å². The van der Waals surface area contributed by atoms with Gasteiger partial charge in [-0.1, -0.05) is 19.3 Å². The highest BCUT2D eigenvalue weighted by atomic mass is 79.9. The molecule has 0 radical (unpaired) electrons. The second-order valence-electron chi connectivity index (χ2n) is 4.68. The van der Waals surface area contributed by atoms with Gasteiger partial charge in [-0.3, -0.25) is 4.79 Å². The van der Waals surface area contributed by atoms with Crippen molar-refractivity contribution in [1.29, 1.82) is 5.26 Å². The second-order valence-corrected chi connectivity index (χ2v) is 5.40. The first-order valence-electron chi connectivity index (χ1n) is 6.03. The Morgan fingerprint density at radius 3 is 2.67 bits per heavy atom. The smallest absolute Gasteiger partial charge is 0.259 e. The molecule has 5 heteroatoms. The van der Waals surface area contributed by atoms with Crippen molar-refractivity contribution in [3.63, 3.8) is 0 Å². The molecule has 1 aliphatic rings. The molecule has 96 valence electrons. The summed E-state index contributed by atoms with van der Waals surface area (Å²) >= 11 is 3.20. The van der Waals surface area contributed by atoms with Crippen LogP contribution in [0.25, 0.3) is 0 Å². The molecule has 0 aliphatic heterocycles. The van der Waals surface area contributed by atoms with Gasteiger partial charge in [-0.05, 0) is 34.8 Å². The van der Waals surface area contributed by atoms with Crippen LogP contribution in [0.4, 0.5) is 0 Å². The number of halogens is 1. The van der Waals surface area contributed by atoms with Gasteiger partial charge in [0.15, 0.2) is 4.67 Å². The predicted molar refractivity (Wildman–Crippen MR) is 69.9 cm³/mol. The van der Waals surface area contributed by atoms with Gasteiger partial charge in [0, 0.05) is 7.05 Å². The number of hydrogen-bond acceptors (Lipinski definition) is 3. The van der Waals surface area contributed by atoms with E-state index in [1.54, 1.807) is 18.0 Å². The van der Waals surface area contributed by atoms with E-state index in [0.29, 0.717) is 10.2 Å². The van der Waals surface area contributed by atoms with E-state index in [9.17, 15) is 10.1 Å². The molecule has 1 saturated carbocycles. The van der Waals surface area contributed by atoms with Crippen molar-refractivity contribution in [2.75, 3.05) is 7.05 Å². The Balaban J connectivity index is 2.25. The molecule has 1 amide bonds. The Kier molecular flexibility index (Phi) is 3.76. The van der Waals surface area contributed by atoms with Crippen molar-refractivity contribution in [1.82, 2.24) is 4.90 Å². The Morgan fingerprint density at radius 2 is 2.17 bits per heavy atom. The third-order valence-electron chi connectivity index (χ3n) is 3.68. The summed E-state index contributed by atoms with van der Waals surface area (Å²) in [5.41, 5.74) is -0.191. The van der Waals surface area contributed by atoms with E-state index in [2.05, 4.69) is 22.0 Å². The summed E-state index contributed by atoms with van der Waals surface area (Å²) < 4.78 is 5.50. The van der Waals surface area contributed by atoms with Crippen molar-refractivity contribution >= 4 is 21.8 Å². The first-order chi connectivity index (χ1) is 8.60. The number of furan rings is 1. The summed E-state index contributed by atoms with van der Waals surface area (Å²) in [6.07, 6.45) is 6.10. The maximum Gasteiger partial charge on any atom is 0.259 e. The SMILES string of the molecule is CN(C(=O)c1ccoc1Br)C1(C#N)CCCCC1. The number of amides is 1. The number of nitriles is 1. The highest BCUT2D eigenvalue weighted by Gasteiger charge is 2.39. The van der Waals surface area contributed by atoms with Crippen molar-refractivity contribution in [2.24, 2.45) is 0 Å². The summed E-state index contributed by atoms with van der Waals surface area (Å²) in [5, 5.41) is 9.45. The lowest BCUT2D eigenvalue weighted by Crippen LogP contribution is -2.49. The molecule has 1 aliphatic carbocycles. The first-order valence-corrected chi connectivity index (χ1v) is 6.82. The molecule has 1 aromatic rings. The molecule has 1 fully saturated rings. The van der Waals surface area contributed by atoms with Gasteiger partial charge in [0.1, 0.15) is 5.54 Å². The number of carbonyl (C=O) groups excluding carboxylic acids is 1. The van der Waals surface area contributed by atoms with Crippen molar-refractivity contribution in [3.8, 4) is 6.07 Å². The van der Waals surface area contributed by atoms with Crippen LogP contribution in [-0.2, 0) is 0 Å². The van der Waals surface area contributed by atoms with E-state index in [1.807, 2.05) is 0 Å². The van der Waals surface area contributed by atoms with Gasteiger partial charge in [-0.15, -0.1) is 0 Å². The fourth-order valence-electron chi connectivity index (χ4n) is 2.48. The van der Waals surface area contributed by atoms with Crippen molar-refractivity contribution in [3.05, 3.63) is 22.6 Å². The van der Waals surface area contributed by atoms with Gasteiger partial charge in [0.25, 0.3) is 5.91 Å². The van der Waals surface area contributed by atoms with E-state index in [1.165, 1.54) is 6.26 Å². The van der Waals surface area contributed by atoms with Gasteiger partial charge < -0.3 is 9.32 Å². The maximum atomic E-state index is 12.4. The van der Waals surface area contributed by atoms with Gasteiger partial charge in [0.05, 0.1) is 17.9 Å². The average molecular weight is 311 g/mol. The molecule has 0 aromatic carbocycles. The van der Waals surface area contributed by atoms with Crippen LogP contribution in [0.1, 0.15) is 42.5 Å². The van der Waals surface area contributed by atoms with Crippen LogP contribution in [0, 0.1) is 11.3 Å². The third kappa shape index (κ3) is 2.17. The molecule has 18 heavy (non-hydrogen) atoms. The molecule has 0 bridgehead atoms. The summed E-state index contributed by atoms with van der Waals surface area (Å²) in [6.45, 7) is 0. The molecule has 1 aromatic heterocycles. The van der Waals surface area contributed by atoms with E-state index < -0.39 is 5.54 Å². The maximum absolute atomic E-state index is 12.4. The molecule has 4 nitrogen and oxygen atoms in total. The summed E-state index contributed by atoms with van der Waals surface area (Å²) in [7, 11) is 1.70. The van der Waals surface area contributed by atoms with E-state index in [0.717, 1.165) is 32.1 Å². The Labute approximate surface area is 115 Å². The van der Waals surface area contributed by atoms with E-state index >= 15 is 0 Å². The molecular formula is C13H15BrN2O2. The number of carbonyl (C=O) groups is 1. The predicted octanol–water partition coefficient (Wildman–Crippen LogP) is 3.34. The van der Waals surface area contributed by atoms with Crippen LogP contribution in [0.2, 0.25) is 0 Å². The highest BCUT2D eigenvalue weighted by Crippen LogP contribution is 2.34. The monoisotopic (exact) mass is 310 g/mol. The normalized spacial score (nSPS) is 18.1. The molecule has 0 spiro atoms. The zero-order valence-corrected chi connectivity index (χ0v) is 11.9. The summed E-state index contributed by atoms with van der Waals surface area (Å²) in [6, 6.07) is 3.96. The van der Waals surface area contributed by atoms with E-state index in [-0.39, 0.29) is 5.91 Å². The van der Waals surface area contributed by atoms with Gasteiger partial charge in [0.2, 0.25) is 0 Å². The van der Waals surface area contributed by atoms with Gasteiger partial charge in [-0.25, -0.2) is 0 Å². The van der Waals surface area contributed by atoms with Gasteiger partial charge in [-0.2, -0.15) is 5.26 Å². The van der Waals surface area contributed by atoms with Gasteiger partial charge >= 0.3 is 0 Å². The molecule has 0 N–H and O–H groups in total. The van der Waals surface area contributed by atoms with Crippen LogP contribution < -0.4 is 0 Å². The van der Waals surface area contributed by atoms with Crippen LogP contribution in [0.5, 0.6) is 0 Å². The van der Waals surface area contributed by atoms with Crippen LogP contribution in [0.15, 0.2) is 21.4 Å². The lowest BCUT2D eigenvalue weighted by atomic mass is 9.81. The Hall–Kier alpha value is -1.28. The molecule has 0 unspecified atom stereocenters. The first kappa shape index (κ1) is 13.2. The zero-order chi connectivity index (χ0) is 13.2. The molecule has 0 atom stereocenters. The van der Waals surface area contributed by atoms with E-state index in [4.69, 9.17) is 4.42 Å². The topological polar surface area (TPSA) is 57.2 Å². The standard InChI is InChI=1S/C13H15BrN2O2/c1-16(12(17)10-5-8-18-11(10)14)13(9-15)6-3-2-4-7-13/h5,8H,2-4,6-7H2,1H3. The Morgan fingerprint density at radius 1 is 1.50 bits per heavy atom. The highest BCUT2D eigenvalue weighted by molar-refractivity contribution is 9.10. The lowest BCUT2D eigenvalue weighted by Gasteiger charge is -2.38. The summed E-state index contributed by atoms with van der Waals surface area (Å²) in [4.78, 5) is 13.9. The largest absolute Gasteiger partial charge is 0.457 e. The zero-order valence-electron chi connectivity index (χ0n) is 10.3. The van der Waals surface area contributed by atoms with Crippen LogP contribution in [-0.4, -0.2) is 23.4 Å². The third-order valence-corrected chi connectivity index (χ3v) is 4.30. The second kappa shape index (κ2) is 5.15. The van der Waals surface area contributed by atoms with Crippen LogP contribution in [0.3, 0.4) is 0 Å². The summed E-state index contributed by atoms with van der Waals surface area (Å²) in [5.74, 6) is -0.168. The number of nitrogens with zero attached hydrogens (tertiary/aromatic N) is 2. The lowest BCUT2D eigenvalue weighted by molar-refractivity contribution is 0.0587. The quantitative estimate of drug-likeness (QED) is 0.841. The molecular weight excluding hydrogens is 296 g/mol. The number of rotatable bonds is 2. The minimum atomic E-state index is -0.661.